The maximum atomic E-state index is 13.3. The summed E-state index contributed by atoms with van der Waals surface area (Å²) in [6.45, 7) is 0. The highest BCUT2D eigenvalue weighted by atomic mass is 35.5. The van der Waals surface area contributed by atoms with E-state index >= 15 is 0 Å². The molecule has 0 fully saturated rings. The van der Waals surface area contributed by atoms with Crippen molar-refractivity contribution in [2.45, 2.75) is 0 Å². The Morgan fingerprint density at radius 1 is 1.14 bits per heavy atom. The molecule has 1 aromatic heterocycles. The second-order valence-electron chi connectivity index (χ2n) is 4.24. The van der Waals surface area contributed by atoms with Gasteiger partial charge in [0.15, 0.2) is 0 Å². The largest absolute Gasteiger partial charge is 0.355 e. The van der Waals surface area contributed by atoms with E-state index in [9.17, 15) is 14.0 Å². The van der Waals surface area contributed by atoms with Gasteiger partial charge < -0.3 is 10.6 Å². The molecule has 2 rings (SSSR count). The number of carbonyl (C=O) groups is 2. The van der Waals surface area contributed by atoms with Crippen molar-refractivity contribution in [1.82, 2.24) is 10.3 Å². The van der Waals surface area contributed by atoms with Gasteiger partial charge in [0.2, 0.25) is 0 Å². The van der Waals surface area contributed by atoms with E-state index in [0.717, 1.165) is 12.1 Å². The fourth-order valence-corrected chi connectivity index (χ4v) is 2.11. The van der Waals surface area contributed by atoms with E-state index in [1.165, 1.54) is 25.4 Å². The van der Waals surface area contributed by atoms with Crippen molar-refractivity contribution < 1.29 is 14.0 Å². The molecule has 5 nitrogen and oxygen atoms in total. The van der Waals surface area contributed by atoms with Crippen molar-refractivity contribution in [3.8, 4) is 0 Å². The summed E-state index contributed by atoms with van der Waals surface area (Å²) in [6, 6.07) is 4.74. The first-order valence-electron chi connectivity index (χ1n) is 6.06. The van der Waals surface area contributed by atoms with Gasteiger partial charge in [-0.1, -0.05) is 23.2 Å². The van der Waals surface area contributed by atoms with Gasteiger partial charge in [0.1, 0.15) is 11.0 Å². The number of aromatic nitrogens is 1. The van der Waals surface area contributed by atoms with Gasteiger partial charge in [-0.2, -0.15) is 0 Å². The van der Waals surface area contributed by atoms with Crippen LogP contribution in [0.5, 0.6) is 0 Å². The maximum absolute atomic E-state index is 13.3. The Labute approximate surface area is 135 Å². The fourth-order valence-electron chi connectivity index (χ4n) is 1.73. The summed E-state index contributed by atoms with van der Waals surface area (Å²) in [5, 5.41) is 5.09. The molecule has 1 heterocycles. The Morgan fingerprint density at radius 2 is 1.86 bits per heavy atom. The van der Waals surface area contributed by atoms with Crippen LogP contribution in [-0.2, 0) is 0 Å². The second-order valence-corrected chi connectivity index (χ2v) is 5.07. The lowest BCUT2D eigenvalue weighted by Crippen LogP contribution is -2.22. The van der Waals surface area contributed by atoms with Crippen LogP contribution in [0.1, 0.15) is 20.7 Å². The lowest BCUT2D eigenvalue weighted by Gasteiger charge is -2.10. The molecule has 0 aliphatic heterocycles. The molecule has 0 atom stereocenters. The van der Waals surface area contributed by atoms with Gasteiger partial charge in [-0.15, -0.1) is 0 Å². The van der Waals surface area contributed by atoms with Gasteiger partial charge in [0.25, 0.3) is 11.8 Å². The first kappa shape index (κ1) is 16.2. The third-order valence-corrected chi connectivity index (χ3v) is 3.14. The normalized spacial score (nSPS) is 10.2. The quantitative estimate of drug-likeness (QED) is 0.842. The van der Waals surface area contributed by atoms with E-state index in [1.807, 2.05) is 0 Å². The summed E-state index contributed by atoms with van der Waals surface area (Å²) in [5.41, 5.74) is 0.299. The first-order valence-corrected chi connectivity index (χ1v) is 6.81. The molecule has 22 heavy (non-hydrogen) atoms. The van der Waals surface area contributed by atoms with E-state index in [0.29, 0.717) is 0 Å². The van der Waals surface area contributed by atoms with Crippen molar-refractivity contribution >= 4 is 40.7 Å². The Kier molecular flexibility index (Phi) is 4.95. The van der Waals surface area contributed by atoms with Crippen LogP contribution in [-0.4, -0.2) is 23.8 Å². The average molecular weight is 342 g/mol. The Hall–Kier alpha value is -2.18. The number of hydrogen-bond acceptors (Lipinski definition) is 3. The summed E-state index contributed by atoms with van der Waals surface area (Å²) < 4.78 is 13.3. The molecular formula is C14H10Cl2FN3O2. The topological polar surface area (TPSA) is 71.1 Å². The van der Waals surface area contributed by atoms with Crippen LogP contribution in [0.25, 0.3) is 0 Å². The van der Waals surface area contributed by atoms with Gasteiger partial charge in [-0.25, -0.2) is 9.37 Å². The van der Waals surface area contributed by atoms with Crippen LogP contribution in [0.2, 0.25) is 10.2 Å². The predicted molar refractivity (Wildman–Crippen MR) is 82.0 cm³/mol. The molecule has 2 aromatic rings. The highest BCUT2D eigenvalue weighted by Crippen LogP contribution is 2.21. The summed E-state index contributed by atoms with van der Waals surface area (Å²) in [7, 11) is 1.44. The minimum atomic E-state index is -0.642. The number of benzene rings is 1. The van der Waals surface area contributed by atoms with Crippen LogP contribution in [0.15, 0.2) is 30.5 Å². The van der Waals surface area contributed by atoms with Crippen molar-refractivity contribution in [3.05, 3.63) is 57.6 Å². The van der Waals surface area contributed by atoms with E-state index in [2.05, 4.69) is 15.6 Å². The monoisotopic (exact) mass is 341 g/mol. The van der Waals surface area contributed by atoms with Crippen LogP contribution in [0.4, 0.5) is 10.1 Å². The number of nitrogens with zero attached hydrogens (tertiary/aromatic N) is 1. The molecule has 0 aliphatic carbocycles. The molecule has 0 bridgehead atoms. The lowest BCUT2D eigenvalue weighted by atomic mass is 10.1. The van der Waals surface area contributed by atoms with Crippen LogP contribution >= 0.6 is 23.2 Å². The van der Waals surface area contributed by atoms with Crippen molar-refractivity contribution in [1.29, 1.82) is 0 Å². The molecule has 2 N–H and O–H groups in total. The number of nitrogens with one attached hydrogen (secondary N) is 2. The molecule has 0 spiro atoms. The molecule has 2 amide bonds. The summed E-state index contributed by atoms with van der Waals surface area (Å²) in [6.07, 6.45) is 1.23. The van der Waals surface area contributed by atoms with Crippen molar-refractivity contribution in [2.75, 3.05) is 12.4 Å². The number of carbonyl (C=O) groups excluding carboxylic acids is 2. The third kappa shape index (κ3) is 3.72. The Balaban J connectivity index is 2.35. The fraction of sp³-hybridized carbons (Fsp3) is 0.0714. The van der Waals surface area contributed by atoms with E-state index in [-0.39, 0.29) is 27.0 Å². The highest BCUT2D eigenvalue weighted by molar-refractivity contribution is 6.31. The van der Waals surface area contributed by atoms with Gasteiger partial charge >= 0.3 is 0 Å². The second kappa shape index (κ2) is 6.72. The lowest BCUT2D eigenvalue weighted by molar-refractivity contribution is 0.0963. The van der Waals surface area contributed by atoms with Gasteiger partial charge in [0.05, 0.1) is 11.3 Å². The number of pyridine rings is 1. The van der Waals surface area contributed by atoms with E-state index < -0.39 is 17.6 Å². The van der Waals surface area contributed by atoms with Crippen LogP contribution in [0.3, 0.4) is 0 Å². The molecule has 8 heteroatoms. The third-order valence-electron chi connectivity index (χ3n) is 2.72. The number of rotatable bonds is 3. The Morgan fingerprint density at radius 3 is 2.50 bits per heavy atom. The number of halogens is 3. The van der Waals surface area contributed by atoms with Crippen LogP contribution in [0, 0.1) is 5.82 Å². The highest BCUT2D eigenvalue weighted by Gasteiger charge is 2.15. The molecule has 0 aliphatic rings. The molecule has 0 radical (unpaired) electrons. The molecule has 0 unspecified atom stereocenters. The zero-order chi connectivity index (χ0) is 16.3. The van der Waals surface area contributed by atoms with Crippen LogP contribution < -0.4 is 10.6 Å². The molecule has 0 saturated carbocycles. The summed E-state index contributed by atoms with van der Waals surface area (Å²) >= 11 is 11.5. The van der Waals surface area contributed by atoms with Gasteiger partial charge in [-0.05, 0) is 24.3 Å². The average Bonchev–Trinajstić information content (AvgIpc) is 2.45. The number of anilines is 1. The maximum Gasteiger partial charge on any atom is 0.255 e. The summed E-state index contributed by atoms with van der Waals surface area (Å²) in [5.74, 6) is -1.72. The summed E-state index contributed by atoms with van der Waals surface area (Å²) in [4.78, 5) is 27.7. The minimum absolute atomic E-state index is 0.0146. The molecular weight excluding hydrogens is 332 g/mol. The van der Waals surface area contributed by atoms with Gasteiger partial charge in [0, 0.05) is 23.8 Å². The van der Waals surface area contributed by atoms with E-state index in [1.54, 1.807) is 0 Å². The minimum Gasteiger partial charge on any atom is -0.355 e. The SMILES string of the molecule is CNC(=O)c1cnc(Cl)cc1NC(=O)c1cc(F)cc(Cl)c1. The zero-order valence-electron chi connectivity index (χ0n) is 11.3. The van der Waals surface area contributed by atoms with Gasteiger partial charge in [-0.3, -0.25) is 9.59 Å². The number of amides is 2. The Bertz CT molecular complexity index is 733. The predicted octanol–water partition coefficient (Wildman–Crippen LogP) is 3.14. The molecule has 1 aromatic carbocycles. The first-order chi connectivity index (χ1) is 10.4. The van der Waals surface area contributed by atoms with Crippen molar-refractivity contribution in [2.24, 2.45) is 0 Å². The number of hydrogen-bond donors (Lipinski definition) is 2. The molecule has 114 valence electrons. The standard InChI is InChI=1S/C14H10Cl2FN3O2/c1-18-14(22)10-6-19-12(16)5-11(10)20-13(21)7-2-8(15)4-9(17)3-7/h2-6H,1H3,(H,18,22)(H,19,20,21). The van der Waals surface area contributed by atoms with E-state index in [4.69, 9.17) is 23.2 Å². The van der Waals surface area contributed by atoms with Crippen molar-refractivity contribution in [3.63, 3.8) is 0 Å². The smallest absolute Gasteiger partial charge is 0.255 e. The molecule has 0 saturated heterocycles. The zero-order valence-corrected chi connectivity index (χ0v) is 12.8.